The lowest BCUT2D eigenvalue weighted by molar-refractivity contribution is 0.628. The summed E-state index contributed by atoms with van der Waals surface area (Å²) in [4.78, 5) is 8.41. The van der Waals surface area contributed by atoms with E-state index in [9.17, 15) is 4.39 Å². The molecule has 3 rings (SSSR count). The Labute approximate surface area is 152 Å². The van der Waals surface area contributed by atoms with Crippen LogP contribution in [0.2, 0.25) is 5.28 Å². The molecule has 25 heavy (non-hydrogen) atoms. The molecule has 1 aromatic carbocycles. The molecular formula is C18H23ClFN5. The van der Waals surface area contributed by atoms with Gasteiger partial charge in [-0.25, -0.2) is 14.4 Å². The Kier molecular flexibility index (Phi) is 6.04. The van der Waals surface area contributed by atoms with Crippen LogP contribution in [0.5, 0.6) is 0 Å². The SMILES string of the molecule is Cc1cccc(F)c1NCc1cnc(Cl)nc1N[C@@H]1CCCCNC1. The van der Waals surface area contributed by atoms with Crippen molar-refractivity contribution in [2.24, 2.45) is 0 Å². The Morgan fingerprint density at radius 2 is 2.24 bits per heavy atom. The summed E-state index contributed by atoms with van der Waals surface area (Å²) in [6, 6.07) is 5.32. The summed E-state index contributed by atoms with van der Waals surface area (Å²) in [6.45, 7) is 4.23. The maximum Gasteiger partial charge on any atom is 0.224 e. The molecule has 1 saturated heterocycles. The van der Waals surface area contributed by atoms with E-state index in [1.807, 2.05) is 13.0 Å². The summed E-state index contributed by atoms with van der Waals surface area (Å²) in [5, 5.41) is 10.2. The summed E-state index contributed by atoms with van der Waals surface area (Å²) in [7, 11) is 0. The molecule has 0 saturated carbocycles. The van der Waals surface area contributed by atoms with E-state index >= 15 is 0 Å². The Morgan fingerprint density at radius 3 is 3.08 bits per heavy atom. The summed E-state index contributed by atoms with van der Waals surface area (Å²) < 4.78 is 14.0. The number of hydrogen-bond acceptors (Lipinski definition) is 5. The Balaban J connectivity index is 1.74. The number of benzene rings is 1. The zero-order valence-corrected chi connectivity index (χ0v) is 15.0. The number of aryl methyl sites for hydroxylation is 1. The number of aromatic nitrogens is 2. The van der Waals surface area contributed by atoms with Crippen LogP contribution < -0.4 is 16.0 Å². The largest absolute Gasteiger partial charge is 0.378 e. The highest BCUT2D eigenvalue weighted by atomic mass is 35.5. The molecule has 2 heterocycles. The fourth-order valence-corrected chi connectivity index (χ4v) is 3.15. The number of hydrogen-bond donors (Lipinski definition) is 3. The van der Waals surface area contributed by atoms with Crippen molar-refractivity contribution < 1.29 is 4.39 Å². The van der Waals surface area contributed by atoms with Gasteiger partial charge in [-0.2, -0.15) is 0 Å². The summed E-state index contributed by atoms with van der Waals surface area (Å²) in [6.07, 6.45) is 5.12. The molecule has 0 aliphatic carbocycles. The van der Waals surface area contributed by atoms with Gasteiger partial charge in [-0.3, -0.25) is 0 Å². The molecule has 2 aromatic rings. The minimum absolute atomic E-state index is 0.204. The minimum atomic E-state index is -0.266. The predicted octanol–water partition coefficient (Wildman–Crippen LogP) is 3.74. The number of nitrogens with one attached hydrogen (secondary N) is 3. The molecule has 3 N–H and O–H groups in total. The quantitative estimate of drug-likeness (QED) is 0.706. The topological polar surface area (TPSA) is 61.9 Å². The highest BCUT2D eigenvalue weighted by molar-refractivity contribution is 6.28. The minimum Gasteiger partial charge on any atom is -0.378 e. The molecule has 5 nitrogen and oxygen atoms in total. The average Bonchev–Trinajstić information content (AvgIpc) is 2.85. The van der Waals surface area contributed by atoms with Crippen LogP contribution >= 0.6 is 11.6 Å². The monoisotopic (exact) mass is 363 g/mol. The van der Waals surface area contributed by atoms with E-state index < -0.39 is 0 Å². The van der Waals surface area contributed by atoms with E-state index in [-0.39, 0.29) is 11.1 Å². The lowest BCUT2D eigenvalue weighted by Crippen LogP contribution is -2.31. The van der Waals surface area contributed by atoms with Gasteiger partial charge in [0.15, 0.2) is 0 Å². The maximum absolute atomic E-state index is 14.0. The molecule has 0 spiro atoms. The van der Waals surface area contributed by atoms with Gasteiger partial charge in [0.1, 0.15) is 11.6 Å². The van der Waals surface area contributed by atoms with Gasteiger partial charge in [-0.05, 0) is 49.5 Å². The van der Waals surface area contributed by atoms with Crippen molar-refractivity contribution in [3.8, 4) is 0 Å². The van der Waals surface area contributed by atoms with Crippen LogP contribution in [0.4, 0.5) is 15.9 Å². The highest BCUT2D eigenvalue weighted by Crippen LogP contribution is 2.22. The van der Waals surface area contributed by atoms with E-state index in [2.05, 4.69) is 25.9 Å². The van der Waals surface area contributed by atoms with Crippen LogP contribution in [-0.4, -0.2) is 29.1 Å². The standard InChI is InChI=1S/C18H23ClFN5/c1-12-5-4-7-15(20)16(12)22-9-13-10-23-18(19)25-17(13)24-14-6-2-3-8-21-11-14/h4-5,7,10,14,21-22H,2-3,6,8-9,11H2,1H3,(H,23,24,25)/t14-/m1/s1. The second kappa shape index (κ2) is 8.45. The number of anilines is 2. The molecule has 0 unspecified atom stereocenters. The first-order chi connectivity index (χ1) is 12.1. The molecule has 1 aromatic heterocycles. The zero-order chi connectivity index (χ0) is 17.6. The lowest BCUT2D eigenvalue weighted by atomic mass is 10.1. The van der Waals surface area contributed by atoms with Crippen molar-refractivity contribution >= 4 is 23.1 Å². The van der Waals surface area contributed by atoms with E-state index in [1.165, 1.54) is 18.9 Å². The van der Waals surface area contributed by atoms with Crippen LogP contribution in [0.25, 0.3) is 0 Å². The lowest BCUT2D eigenvalue weighted by Gasteiger charge is -2.20. The third-order valence-corrected chi connectivity index (χ3v) is 4.58. The second-order valence-electron chi connectivity index (χ2n) is 6.34. The van der Waals surface area contributed by atoms with Crippen LogP contribution in [0.15, 0.2) is 24.4 Å². The second-order valence-corrected chi connectivity index (χ2v) is 6.68. The molecule has 1 aliphatic rings. The van der Waals surface area contributed by atoms with E-state index in [0.29, 0.717) is 24.1 Å². The van der Waals surface area contributed by atoms with Crippen molar-refractivity contribution in [1.82, 2.24) is 15.3 Å². The molecule has 134 valence electrons. The van der Waals surface area contributed by atoms with Crippen LogP contribution in [0, 0.1) is 12.7 Å². The molecule has 0 bridgehead atoms. The van der Waals surface area contributed by atoms with E-state index in [4.69, 9.17) is 11.6 Å². The van der Waals surface area contributed by atoms with Gasteiger partial charge in [-0.1, -0.05) is 18.6 Å². The predicted molar refractivity (Wildman–Crippen MR) is 99.6 cm³/mol. The molecule has 0 amide bonds. The van der Waals surface area contributed by atoms with Gasteiger partial charge in [0.2, 0.25) is 5.28 Å². The summed E-state index contributed by atoms with van der Waals surface area (Å²) in [5.74, 6) is 0.438. The van der Waals surface area contributed by atoms with Gasteiger partial charge < -0.3 is 16.0 Å². The third kappa shape index (κ3) is 4.80. The first-order valence-corrected chi connectivity index (χ1v) is 8.99. The van der Waals surface area contributed by atoms with Crippen molar-refractivity contribution in [2.45, 2.75) is 38.8 Å². The van der Waals surface area contributed by atoms with Crippen LogP contribution in [0.1, 0.15) is 30.4 Å². The Hall–Kier alpha value is -1.92. The fraction of sp³-hybridized carbons (Fsp3) is 0.444. The fourth-order valence-electron chi connectivity index (χ4n) is 3.01. The zero-order valence-electron chi connectivity index (χ0n) is 14.3. The Bertz CT molecular complexity index is 696. The summed E-state index contributed by atoms with van der Waals surface area (Å²) >= 11 is 5.98. The van der Waals surface area contributed by atoms with Crippen LogP contribution in [0.3, 0.4) is 0 Å². The third-order valence-electron chi connectivity index (χ3n) is 4.40. The van der Waals surface area contributed by atoms with Crippen molar-refractivity contribution in [3.05, 3.63) is 46.6 Å². The smallest absolute Gasteiger partial charge is 0.224 e. The van der Waals surface area contributed by atoms with Gasteiger partial charge in [-0.15, -0.1) is 0 Å². The molecular weight excluding hydrogens is 341 g/mol. The van der Waals surface area contributed by atoms with Gasteiger partial charge in [0, 0.05) is 30.9 Å². The van der Waals surface area contributed by atoms with Gasteiger partial charge in [0.25, 0.3) is 0 Å². The molecule has 1 fully saturated rings. The number of rotatable bonds is 5. The number of halogens is 2. The normalized spacial score (nSPS) is 17.8. The first-order valence-electron chi connectivity index (χ1n) is 8.61. The van der Waals surface area contributed by atoms with E-state index in [0.717, 1.165) is 30.6 Å². The first kappa shape index (κ1) is 17.9. The molecule has 0 radical (unpaired) electrons. The summed E-state index contributed by atoms with van der Waals surface area (Å²) in [5.41, 5.74) is 2.22. The number of nitrogens with zero attached hydrogens (tertiary/aromatic N) is 2. The van der Waals surface area contributed by atoms with Crippen molar-refractivity contribution in [1.29, 1.82) is 0 Å². The maximum atomic E-state index is 14.0. The highest BCUT2D eigenvalue weighted by Gasteiger charge is 2.15. The number of para-hydroxylation sites is 1. The average molecular weight is 364 g/mol. The van der Waals surface area contributed by atoms with Crippen molar-refractivity contribution in [2.75, 3.05) is 23.7 Å². The van der Waals surface area contributed by atoms with Gasteiger partial charge >= 0.3 is 0 Å². The van der Waals surface area contributed by atoms with E-state index in [1.54, 1.807) is 12.3 Å². The molecule has 1 atom stereocenters. The molecule has 7 heteroatoms. The van der Waals surface area contributed by atoms with Gasteiger partial charge in [0.05, 0.1) is 5.69 Å². The van der Waals surface area contributed by atoms with Crippen LogP contribution in [-0.2, 0) is 6.54 Å². The Morgan fingerprint density at radius 1 is 1.36 bits per heavy atom. The van der Waals surface area contributed by atoms with Crippen molar-refractivity contribution in [3.63, 3.8) is 0 Å². The molecule has 1 aliphatic heterocycles.